The molecule has 0 fully saturated rings. The maximum atomic E-state index is 5.07. The second-order valence-corrected chi connectivity index (χ2v) is 3.56. The molecule has 0 saturated heterocycles. The van der Waals surface area contributed by atoms with Gasteiger partial charge in [-0.1, -0.05) is 18.3 Å². The fourth-order valence-corrected chi connectivity index (χ4v) is 1.57. The molecule has 0 saturated carbocycles. The summed E-state index contributed by atoms with van der Waals surface area (Å²) < 4.78 is 0.749. The Morgan fingerprint density at radius 1 is 1.29 bits per heavy atom. The minimum absolute atomic E-state index is 0.749. The van der Waals surface area contributed by atoms with Crippen LogP contribution in [0.15, 0.2) is 36.7 Å². The molecule has 2 rings (SSSR count). The lowest BCUT2D eigenvalue weighted by atomic mass is 10.1. The average molecular weight is 202 g/mol. The van der Waals surface area contributed by atoms with Crippen LogP contribution in [-0.2, 0) is 0 Å². The van der Waals surface area contributed by atoms with Crippen LogP contribution in [0.4, 0.5) is 0 Å². The van der Waals surface area contributed by atoms with Crippen molar-refractivity contribution in [1.29, 1.82) is 0 Å². The molecule has 3 heteroatoms. The van der Waals surface area contributed by atoms with Crippen LogP contribution in [0.3, 0.4) is 0 Å². The molecule has 0 aromatic carbocycles. The van der Waals surface area contributed by atoms with E-state index in [1.165, 1.54) is 0 Å². The van der Waals surface area contributed by atoms with Crippen LogP contribution >= 0.6 is 12.2 Å². The van der Waals surface area contributed by atoms with Crippen LogP contribution in [0.1, 0.15) is 5.56 Å². The quantitative estimate of drug-likeness (QED) is 0.720. The molecule has 0 aliphatic carbocycles. The summed E-state index contributed by atoms with van der Waals surface area (Å²) in [6.07, 6.45) is 3.63. The number of rotatable bonds is 1. The van der Waals surface area contributed by atoms with Crippen LogP contribution in [0.2, 0.25) is 0 Å². The van der Waals surface area contributed by atoms with Crippen molar-refractivity contribution in [2.45, 2.75) is 6.92 Å². The highest BCUT2D eigenvalue weighted by Gasteiger charge is 1.99. The Labute approximate surface area is 87.7 Å². The molecule has 2 aromatic rings. The standard InChI is InChI=1S/C11H10N2S/c1-8-7-12-6-5-9(8)10-3-2-4-11(14)13-10/h2-7H,1H3,(H,13,14). The van der Waals surface area contributed by atoms with Crippen molar-refractivity contribution < 1.29 is 0 Å². The summed E-state index contributed by atoms with van der Waals surface area (Å²) in [7, 11) is 0. The molecule has 0 spiro atoms. The Bertz CT molecular complexity index is 502. The molecule has 0 aliphatic heterocycles. The molecule has 70 valence electrons. The fourth-order valence-electron chi connectivity index (χ4n) is 1.38. The van der Waals surface area contributed by atoms with E-state index in [9.17, 15) is 0 Å². The zero-order valence-electron chi connectivity index (χ0n) is 7.82. The van der Waals surface area contributed by atoms with E-state index in [0.717, 1.165) is 21.5 Å². The van der Waals surface area contributed by atoms with Gasteiger partial charge in [0.15, 0.2) is 0 Å². The lowest BCUT2D eigenvalue weighted by Gasteiger charge is -2.04. The molecular formula is C11H10N2S. The van der Waals surface area contributed by atoms with Gasteiger partial charge >= 0.3 is 0 Å². The average Bonchev–Trinajstić information content (AvgIpc) is 2.18. The van der Waals surface area contributed by atoms with Crippen molar-refractivity contribution in [3.05, 3.63) is 46.9 Å². The van der Waals surface area contributed by atoms with Crippen molar-refractivity contribution >= 4 is 12.2 Å². The molecule has 0 aliphatic rings. The third-order valence-corrected chi connectivity index (χ3v) is 2.32. The Balaban J connectivity index is 2.61. The first-order chi connectivity index (χ1) is 6.77. The van der Waals surface area contributed by atoms with Gasteiger partial charge in [0.25, 0.3) is 0 Å². The van der Waals surface area contributed by atoms with E-state index in [1.807, 2.05) is 37.4 Å². The predicted molar refractivity (Wildman–Crippen MR) is 59.6 cm³/mol. The third-order valence-electron chi connectivity index (χ3n) is 2.08. The Kier molecular flexibility index (Phi) is 2.41. The van der Waals surface area contributed by atoms with Gasteiger partial charge in [-0.05, 0) is 30.7 Å². The molecule has 0 radical (unpaired) electrons. The molecule has 0 atom stereocenters. The highest BCUT2D eigenvalue weighted by atomic mass is 32.1. The maximum Gasteiger partial charge on any atom is 0.103 e. The van der Waals surface area contributed by atoms with E-state index < -0.39 is 0 Å². The lowest BCUT2D eigenvalue weighted by molar-refractivity contribution is 1.23. The van der Waals surface area contributed by atoms with Crippen molar-refractivity contribution in [1.82, 2.24) is 9.97 Å². The molecule has 14 heavy (non-hydrogen) atoms. The fraction of sp³-hybridized carbons (Fsp3) is 0.0909. The van der Waals surface area contributed by atoms with E-state index in [2.05, 4.69) is 9.97 Å². The Hall–Kier alpha value is -1.48. The monoisotopic (exact) mass is 202 g/mol. The van der Waals surface area contributed by atoms with Crippen molar-refractivity contribution in [3.8, 4) is 11.3 Å². The number of hydrogen-bond donors (Lipinski definition) is 1. The van der Waals surface area contributed by atoms with E-state index >= 15 is 0 Å². The van der Waals surface area contributed by atoms with Gasteiger partial charge in [-0.15, -0.1) is 0 Å². The number of aryl methyl sites for hydroxylation is 1. The zero-order chi connectivity index (χ0) is 9.97. The van der Waals surface area contributed by atoms with Gasteiger partial charge in [-0.3, -0.25) is 4.98 Å². The molecule has 0 amide bonds. The van der Waals surface area contributed by atoms with Gasteiger partial charge in [0.05, 0.1) is 0 Å². The molecule has 0 bridgehead atoms. The van der Waals surface area contributed by atoms with Crippen LogP contribution < -0.4 is 0 Å². The maximum absolute atomic E-state index is 5.07. The van der Waals surface area contributed by atoms with E-state index in [-0.39, 0.29) is 0 Å². The Morgan fingerprint density at radius 3 is 2.86 bits per heavy atom. The van der Waals surface area contributed by atoms with Crippen LogP contribution in [-0.4, -0.2) is 9.97 Å². The third kappa shape index (κ3) is 1.72. The molecular weight excluding hydrogens is 192 g/mol. The van der Waals surface area contributed by atoms with Gasteiger partial charge in [0, 0.05) is 23.7 Å². The van der Waals surface area contributed by atoms with E-state index in [0.29, 0.717) is 0 Å². The first-order valence-electron chi connectivity index (χ1n) is 4.38. The number of aromatic amines is 1. The zero-order valence-corrected chi connectivity index (χ0v) is 8.64. The number of nitrogens with one attached hydrogen (secondary N) is 1. The normalized spacial score (nSPS) is 10.1. The van der Waals surface area contributed by atoms with Gasteiger partial charge in [-0.2, -0.15) is 0 Å². The number of nitrogens with zero attached hydrogens (tertiary/aromatic N) is 1. The summed E-state index contributed by atoms with van der Waals surface area (Å²) in [6, 6.07) is 7.82. The highest BCUT2D eigenvalue weighted by Crippen LogP contribution is 2.19. The van der Waals surface area contributed by atoms with E-state index in [4.69, 9.17) is 12.2 Å². The second-order valence-electron chi connectivity index (χ2n) is 3.12. The van der Waals surface area contributed by atoms with Crippen LogP contribution in [0, 0.1) is 11.6 Å². The summed E-state index contributed by atoms with van der Waals surface area (Å²) in [5.41, 5.74) is 3.33. The first kappa shape index (κ1) is 9.09. The summed E-state index contributed by atoms with van der Waals surface area (Å²) in [5, 5.41) is 0. The smallest absolute Gasteiger partial charge is 0.103 e. The van der Waals surface area contributed by atoms with Crippen molar-refractivity contribution in [2.24, 2.45) is 0 Å². The summed E-state index contributed by atoms with van der Waals surface area (Å²) in [6.45, 7) is 2.03. The minimum atomic E-state index is 0.749. The van der Waals surface area contributed by atoms with Gasteiger partial charge in [0.1, 0.15) is 4.64 Å². The minimum Gasteiger partial charge on any atom is -0.346 e. The predicted octanol–water partition coefficient (Wildman–Crippen LogP) is 3.11. The van der Waals surface area contributed by atoms with Crippen molar-refractivity contribution in [2.75, 3.05) is 0 Å². The van der Waals surface area contributed by atoms with Crippen molar-refractivity contribution in [3.63, 3.8) is 0 Å². The molecule has 0 unspecified atom stereocenters. The summed E-state index contributed by atoms with van der Waals surface area (Å²) >= 11 is 5.07. The molecule has 2 nitrogen and oxygen atoms in total. The van der Waals surface area contributed by atoms with Gasteiger partial charge in [-0.25, -0.2) is 0 Å². The lowest BCUT2D eigenvalue weighted by Crippen LogP contribution is -1.87. The SMILES string of the molecule is Cc1cnccc1-c1cccc(=S)[nH]1. The largest absolute Gasteiger partial charge is 0.346 e. The highest BCUT2D eigenvalue weighted by molar-refractivity contribution is 7.71. The number of pyridine rings is 2. The number of hydrogen-bond acceptors (Lipinski definition) is 2. The number of H-pyrrole nitrogens is 1. The summed E-state index contributed by atoms with van der Waals surface area (Å²) in [4.78, 5) is 7.20. The van der Waals surface area contributed by atoms with E-state index in [1.54, 1.807) is 6.20 Å². The molecule has 1 N–H and O–H groups in total. The van der Waals surface area contributed by atoms with Gasteiger partial charge in [0.2, 0.25) is 0 Å². The molecule has 2 aromatic heterocycles. The van der Waals surface area contributed by atoms with Crippen LogP contribution in [0.25, 0.3) is 11.3 Å². The first-order valence-corrected chi connectivity index (χ1v) is 4.78. The van der Waals surface area contributed by atoms with Gasteiger partial charge < -0.3 is 4.98 Å². The van der Waals surface area contributed by atoms with Crippen LogP contribution in [0.5, 0.6) is 0 Å². The Morgan fingerprint density at radius 2 is 2.14 bits per heavy atom. The number of aromatic nitrogens is 2. The summed E-state index contributed by atoms with van der Waals surface area (Å²) in [5.74, 6) is 0. The second kappa shape index (κ2) is 3.72. The molecule has 2 heterocycles. The topological polar surface area (TPSA) is 28.7 Å².